The quantitative estimate of drug-likeness (QED) is 0.324. The van der Waals surface area contributed by atoms with Crippen molar-refractivity contribution in [3.05, 3.63) is 66.8 Å². The van der Waals surface area contributed by atoms with Gasteiger partial charge in [0.2, 0.25) is 0 Å². The second kappa shape index (κ2) is 14.1. The second-order valence-corrected chi connectivity index (χ2v) is 8.18. The molecule has 0 amide bonds. The molecule has 0 fully saturated rings. The number of benzene rings is 1. The van der Waals surface area contributed by atoms with Gasteiger partial charge in [0.15, 0.2) is 0 Å². The third-order valence-electron chi connectivity index (χ3n) is 5.67. The maximum absolute atomic E-state index is 13.1. The molecule has 0 aliphatic heterocycles. The highest BCUT2D eigenvalue weighted by atomic mass is 16.5. The number of carbonyl (C=O) groups is 2. The maximum atomic E-state index is 13.1. The van der Waals surface area contributed by atoms with E-state index in [1.54, 1.807) is 12.1 Å². The van der Waals surface area contributed by atoms with Crippen molar-refractivity contribution in [1.82, 2.24) is 13.7 Å². The highest BCUT2D eigenvalue weighted by Crippen LogP contribution is 2.18. The van der Waals surface area contributed by atoms with Gasteiger partial charge < -0.3 is 19.7 Å². The van der Waals surface area contributed by atoms with Gasteiger partial charge in [-0.1, -0.05) is 38.1 Å². The average molecular weight is 508 g/mol. The third-order valence-corrected chi connectivity index (χ3v) is 5.67. The van der Waals surface area contributed by atoms with Crippen LogP contribution < -0.4 is 17.1 Å². The summed E-state index contributed by atoms with van der Waals surface area (Å²) in [5, 5.41) is 17.6. The van der Waals surface area contributed by atoms with E-state index in [2.05, 4.69) is 13.8 Å². The smallest absolute Gasteiger partial charge is 0.336 e. The fourth-order valence-electron chi connectivity index (χ4n) is 3.44. The van der Waals surface area contributed by atoms with Crippen molar-refractivity contribution in [2.75, 3.05) is 26.4 Å². The summed E-state index contributed by atoms with van der Waals surface area (Å²) in [6, 6.07) is 7.42. The van der Waals surface area contributed by atoms with Gasteiger partial charge in [-0.3, -0.25) is 9.59 Å². The Bertz CT molecular complexity index is 1130. The maximum Gasteiger partial charge on any atom is 0.336 e. The molecule has 1 aromatic heterocycles. The minimum Gasteiger partial charge on any atom is -0.463 e. The molecule has 0 radical (unpaired) electrons. The van der Waals surface area contributed by atoms with Crippen molar-refractivity contribution in [2.24, 2.45) is 0 Å². The van der Waals surface area contributed by atoms with E-state index in [0.717, 1.165) is 25.7 Å². The molecule has 1 atom stereocenters. The van der Waals surface area contributed by atoms with E-state index >= 15 is 0 Å². The first-order chi connectivity index (χ1) is 17.2. The zero-order chi connectivity index (χ0) is 26.7. The van der Waals surface area contributed by atoms with Crippen molar-refractivity contribution in [1.29, 1.82) is 0 Å². The largest absolute Gasteiger partial charge is 0.463 e. The van der Waals surface area contributed by atoms with Crippen LogP contribution in [0.15, 0.2) is 38.6 Å². The Morgan fingerprint density at radius 3 is 1.67 bits per heavy atom. The molecule has 2 N–H and O–H groups in total. The molecule has 0 saturated carbocycles. The molecule has 1 aromatic carbocycles. The number of nitrogens with zero attached hydrogens (tertiary/aromatic N) is 3. The van der Waals surface area contributed by atoms with E-state index < -0.39 is 29.0 Å². The molecule has 0 aliphatic rings. The molecule has 2 aromatic rings. The van der Waals surface area contributed by atoms with Crippen LogP contribution in [0.4, 0.5) is 0 Å². The molecular formula is C24H33N3O9. The van der Waals surface area contributed by atoms with Crippen LogP contribution in [-0.2, 0) is 38.7 Å². The van der Waals surface area contributed by atoms with Crippen LogP contribution in [0, 0.1) is 0 Å². The summed E-state index contributed by atoms with van der Waals surface area (Å²) in [6.45, 7) is 2.14. The fourth-order valence-corrected chi connectivity index (χ4v) is 3.44. The Morgan fingerprint density at radius 2 is 1.25 bits per heavy atom. The van der Waals surface area contributed by atoms with Crippen molar-refractivity contribution in [2.45, 2.75) is 58.7 Å². The van der Waals surface area contributed by atoms with Crippen LogP contribution in [0.25, 0.3) is 0 Å². The number of aliphatic hydroxyl groups is 2. The lowest BCUT2D eigenvalue weighted by Gasteiger charge is -2.15. The first-order valence-electron chi connectivity index (χ1n) is 11.8. The van der Waals surface area contributed by atoms with Gasteiger partial charge in [0.05, 0.1) is 32.6 Å². The molecule has 0 aliphatic carbocycles. The van der Waals surface area contributed by atoms with Gasteiger partial charge in [-0.2, -0.15) is 0 Å². The number of aromatic nitrogens is 3. The van der Waals surface area contributed by atoms with Crippen molar-refractivity contribution >= 4 is 11.9 Å². The van der Waals surface area contributed by atoms with Crippen LogP contribution in [0.3, 0.4) is 0 Å². The van der Waals surface area contributed by atoms with Crippen LogP contribution in [0.1, 0.15) is 50.2 Å². The first-order valence-corrected chi connectivity index (χ1v) is 11.8. The van der Waals surface area contributed by atoms with Crippen molar-refractivity contribution in [3.8, 4) is 0 Å². The van der Waals surface area contributed by atoms with Crippen LogP contribution in [0.5, 0.6) is 0 Å². The zero-order valence-corrected chi connectivity index (χ0v) is 20.6. The molecule has 36 heavy (non-hydrogen) atoms. The van der Waals surface area contributed by atoms with Gasteiger partial charge in [-0.25, -0.2) is 28.1 Å². The number of hydrogen-bond donors (Lipinski definition) is 2. The Kier molecular flexibility index (Phi) is 11.3. The lowest BCUT2D eigenvalue weighted by Crippen LogP contribution is -2.55. The Labute approximate surface area is 207 Å². The average Bonchev–Trinajstić information content (AvgIpc) is 2.88. The lowest BCUT2D eigenvalue weighted by atomic mass is 9.98. The molecule has 1 unspecified atom stereocenters. The second-order valence-electron chi connectivity index (χ2n) is 8.18. The van der Waals surface area contributed by atoms with Gasteiger partial charge >= 0.3 is 29.0 Å². The van der Waals surface area contributed by atoms with E-state index in [1.807, 2.05) is 12.1 Å². The van der Waals surface area contributed by atoms with E-state index in [4.69, 9.17) is 19.7 Å². The number of hydrogen-bond acceptors (Lipinski definition) is 9. The summed E-state index contributed by atoms with van der Waals surface area (Å²) < 4.78 is 11.9. The highest BCUT2D eigenvalue weighted by molar-refractivity contribution is 5.69. The monoisotopic (exact) mass is 507 g/mol. The summed E-state index contributed by atoms with van der Waals surface area (Å²) in [6.07, 6.45) is 0.279. The molecule has 0 bridgehead atoms. The molecular weight excluding hydrogens is 474 g/mol. The molecule has 12 nitrogen and oxygen atoms in total. The van der Waals surface area contributed by atoms with Gasteiger partial charge in [0.25, 0.3) is 0 Å². The van der Waals surface area contributed by atoms with Crippen LogP contribution in [0.2, 0.25) is 0 Å². The SMILES string of the molecule is CCC(C)c1ccc(Cn2c(=O)n(CCC(=O)OCCO)c(=O)n(CCC(=O)OCCO)c2=O)cc1. The Morgan fingerprint density at radius 1 is 0.806 bits per heavy atom. The predicted octanol–water partition coefficient (Wildman–Crippen LogP) is -0.415. The topological polar surface area (TPSA) is 159 Å². The lowest BCUT2D eigenvalue weighted by molar-refractivity contribution is -0.145. The zero-order valence-electron chi connectivity index (χ0n) is 20.6. The molecule has 0 saturated heterocycles. The summed E-state index contributed by atoms with van der Waals surface area (Å²) in [7, 11) is 0. The van der Waals surface area contributed by atoms with Gasteiger partial charge in [0, 0.05) is 13.1 Å². The number of aliphatic hydroxyl groups excluding tert-OH is 2. The van der Waals surface area contributed by atoms with Crippen molar-refractivity contribution < 1.29 is 29.3 Å². The summed E-state index contributed by atoms with van der Waals surface area (Å²) in [5.74, 6) is -1.11. The number of ether oxygens (including phenoxy) is 2. The fraction of sp³-hybridized carbons (Fsp3) is 0.542. The van der Waals surface area contributed by atoms with Gasteiger partial charge in [-0.15, -0.1) is 0 Å². The van der Waals surface area contributed by atoms with E-state index in [-0.39, 0.29) is 58.9 Å². The van der Waals surface area contributed by atoms with E-state index in [1.165, 1.54) is 0 Å². The van der Waals surface area contributed by atoms with Gasteiger partial charge in [-0.05, 0) is 23.5 Å². The van der Waals surface area contributed by atoms with Gasteiger partial charge in [0.1, 0.15) is 13.2 Å². The van der Waals surface area contributed by atoms with E-state index in [0.29, 0.717) is 11.5 Å². The first kappa shape index (κ1) is 28.7. The minimum absolute atomic E-state index is 0.122. The molecule has 198 valence electrons. The normalized spacial score (nSPS) is 11.8. The number of esters is 2. The van der Waals surface area contributed by atoms with Crippen LogP contribution >= 0.6 is 0 Å². The van der Waals surface area contributed by atoms with E-state index in [9.17, 15) is 24.0 Å². The summed E-state index contributed by atoms with van der Waals surface area (Å²) in [5.41, 5.74) is -1.00. The minimum atomic E-state index is -0.974. The molecule has 1 heterocycles. The molecule has 12 heteroatoms. The molecule has 2 rings (SSSR count). The molecule has 0 spiro atoms. The summed E-state index contributed by atoms with van der Waals surface area (Å²) in [4.78, 5) is 62.8. The third kappa shape index (κ3) is 7.75. The Hall–Kier alpha value is -3.51. The van der Waals surface area contributed by atoms with Crippen molar-refractivity contribution in [3.63, 3.8) is 0 Å². The highest BCUT2D eigenvalue weighted by Gasteiger charge is 2.18. The number of carbonyl (C=O) groups excluding carboxylic acids is 2. The summed E-state index contributed by atoms with van der Waals surface area (Å²) >= 11 is 0. The van der Waals surface area contributed by atoms with Crippen LogP contribution in [-0.4, -0.2) is 62.3 Å². The Balaban J connectivity index is 2.42. The number of rotatable bonds is 14. The predicted molar refractivity (Wildman–Crippen MR) is 129 cm³/mol. The standard InChI is InChI=1S/C24H33N3O9/c1-3-17(2)19-6-4-18(5-7-19)16-27-23(33)25(10-8-20(30)35-14-12-28)22(32)26(24(27)34)11-9-21(31)36-15-13-29/h4-7,17,28-29H,3,8-16H2,1-2H3.